The molecular weight excluding hydrogens is 128 g/mol. The Morgan fingerprint density at radius 2 is 2.00 bits per heavy atom. The Bertz CT molecular complexity index is 83.3. The molecule has 1 aliphatic carbocycles. The quantitative estimate of drug-likeness (QED) is 0.583. The summed E-state index contributed by atoms with van der Waals surface area (Å²) in [5.41, 5.74) is 0. The van der Waals surface area contributed by atoms with Crippen molar-refractivity contribution in [3.8, 4) is 0 Å². The lowest BCUT2D eigenvalue weighted by Gasteiger charge is -2.23. The standard InChI is InChI=1S/C7H14O2.CH4/c8-5-6-2-1-3-7(9)4-6;/h6-9H,1-5H2;1H4. The molecule has 0 aromatic carbocycles. The highest BCUT2D eigenvalue weighted by molar-refractivity contribution is 4.70. The molecule has 10 heavy (non-hydrogen) atoms. The van der Waals surface area contributed by atoms with E-state index in [9.17, 15) is 0 Å². The van der Waals surface area contributed by atoms with Crippen LogP contribution < -0.4 is 0 Å². The third-order valence-corrected chi connectivity index (χ3v) is 2.01. The molecule has 2 heteroatoms. The van der Waals surface area contributed by atoms with Crippen LogP contribution >= 0.6 is 0 Å². The maximum atomic E-state index is 9.10. The van der Waals surface area contributed by atoms with Gasteiger partial charge in [-0.15, -0.1) is 0 Å². The summed E-state index contributed by atoms with van der Waals surface area (Å²) in [6.07, 6.45) is 3.75. The van der Waals surface area contributed by atoms with Crippen molar-refractivity contribution in [1.29, 1.82) is 0 Å². The molecule has 0 amide bonds. The first kappa shape index (κ1) is 9.92. The highest BCUT2D eigenvalue weighted by Gasteiger charge is 2.18. The third-order valence-electron chi connectivity index (χ3n) is 2.01. The fraction of sp³-hybridized carbons (Fsp3) is 1.00. The zero-order valence-electron chi connectivity index (χ0n) is 5.58. The van der Waals surface area contributed by atoms with Crippen LogP contribution in [0.5, 0.6) is 0 Å². The second kappa shape index (κ2) is 4.69. The van der Waals surface area contributed by atoms with E-state index >= 15 is 0 Å². The van der Waals surface area contributed by atoms with Gasteiger partial charge in [0.05, 0.1) is 6.10 Å². The van der Waals surface area contributed by atoms with Crippen molar-refractivity contribution in [2.75, 3.05) is 6.61 Å². The predicted molar refractivity (Wildman–Crippen MR) is 41.8 cm³/mol. The van der Waals surface area contributed by atoms with Gasteiger partial charge in [-0.1, -0.05) is 13.8 Å². The predicted octanol–water partition coefficient (Wildman–Crippen LogP) is 1.17. The van der Waals surface area contributed by atoms with E-state index in [-0.39, 0.29) is 20.1 Å². The summed E-state index contributed by atoms with van der Waals surface area (Å²) in [5.74, 6) is 0.369. The van der Waals surface area contributed by atoms with Gasteiger partial charge in [-0.2, -0.15) is 0 Å². The van der Waals surface area contributed by atoms with Crippen LogP contribution in [0.1, 0.15) is 33.1 Å². The van der Waals surface area contributed by atoms with Crippen molar-refractivity contribution >= 4 is 0 Å². The highest BCUT2D eigenvalue weighted by Crippen LogP contribution is 2.23. The van der Waals surface area contributed by atoms with Crippen LogP contribution in [0.25, 0.3) is 0 Å². The lowest BCUT2D eigenvalue weighted by atomic mass is 9.88. The van der Waals surface area contributed by atoms with Crippen molar-refractivity contribution in [3.63, 3.8) is 0 Å². The Morgan fingerprint density at radius 3 is 2.40 bits per heavy atom. The second-order valence-corrected chi connectivity index (χ2v) is 2.87. The molecule has 2 nitrogen and oxygen atoms in total. The second-order valence-electron chi connectivity index (χ2n) is 2.87. The van der Waals surface area contributed by atoms with Gasteiger partial charge in [0, 0.05) is 6.61 Å². The molecular formula is C8H18O2. The molecule has 2 unspecified atom stereocenters. The Morgan fingerprint density at radius 1 is 1.30 bits per heavy atom. The zero-order chi connectivity index (χ0) is 6.69. The molecule has 0 radical (unpaired) electrons. The van der Waals surface area contributed by atoms with Crippen LogP contribution in [0, 0.1) is 5.92 Å². The van der Waals surface area contributed by atoms with Gasteiger partial charge in [0.15, 0.2) is 0 Å². The maximum absolute atomic E-state index is 9.10. The van der Waals surface area contributed by atoms with E-state index in [1.54, 1.807) is 0 Å². The Balaban J connectivity index is 0.000000810. The molecule has 0 aromatic heterocycles. The first-order valence-corrected chi connectivity index (χ1v) is 3.62. The molecule has 1 fully saturated rings. The van der Waals surface area contributed by atoms with E-state index in [1.807, 2.05) is 0 Å². The van der Waals surface area contributed by atoms with Gasteiger partial charge in [0.2, 0.25) is 0 Å². The molecule has 1 aliphatic rings. The van der Waals surface area contributed by atoms with Gasteiger partial charge >= 0.3 is 0 Å². The lowest BCUT2D eigenvalue weighted by Crippen LogP contribution is -2.21. The first-order chi connectivity index (χ1) is 4.33. The largest absolute Gasteiger partial charge is 0.396 e. The number of rotatable bonds is 1. The van der Waals surface area contributed by atoms with Gasteiger partial charge in [-0.05, 0) is 25.2 Å². The minimum atomic E-state index is -0.143. The monoisotopic (exact) mass is 146 g/mol. The van der Waals surface area contributed by atoms with Crippen LogP contribution in [0.4, 0.5) is 0 Å². The van der Waals surface area contributed by atoms with Crippen LogP contribution in [0.15, 0.2) is 0 Å². The Hall–Kier alpha value is -0.0800. The number of aliphatic hydroxyl groups is 2. The molecule has 0 heterocycles. The van der Waals surface area contributed by atoms with Crippen LogP contribution in [-0.4, -0.2) is 22.9 Å². The normalized spacial score (nSPS) is 33.0. The van der Waals surface area contributed by atoms with Crippen molar-refractivity contribution in [1.82, 2.24) is 0 Å². The van der Waals surface area contributed by atoms with Crippen LogP contribution in [0.3, 0.4) is 0 Å². The van der Waals surface area contributed by atoms with Gasteiger partial charge in [0.1, 0.15) is 0 Å². The average Bonchev–Trinajstić information content (AvgIpc) is 1.88. The summed E-state index contributed by atoms with van der Waals surface area (Å²) in [7, 11) is 0. The fourth-order valence-electron chi connectivity index (χ4n) is 1.43. The molecule has 0 aliphatic heterocycles. The summed E-state index contributed by atoms with van der Waals surface area (Å²) in [5, 5.41) is 17.8. The topological polar surface area (TPSA) is 40.5 Å². The SMILES string of the molecule is C.OCC1CCCC(O)C1. The summed E-state index contributed by atoms with van der Waals surface area (Å²) in [6.45, 7) is 0.247. The van der Waals surface area contributed by atoms with E-state index in [4.69, 9.17) is 10.2 Å². The van der Waals surface area contributed by atoms with E-state index in [2.05, 4.69) is 0 Å². The molecule has 0 spiro atoms. The van der Waals surface area contributed by atoms with Gasteiger partial charge in [0.25, 0.3) is 0 Å². The Labute approximate surface area is 62.9 Å². The molecule has 2 atom stereocenters. The minimum absolute atomic E-state index is 0. The van der Waals surface area contributed by atoms with Crippen molar-refractivity contribution in [2.24, 2.45) is 5.92 Å². The molecule has 62 valence electrons. The van der Waals surface area contributed by atoms with Crippen LogP contribution in [0.2, 0.25) is 0 Å². The molecule has 0 saturated heterocycles. The molecule has 0 bridgehead atoms. The van der Waals surface area contributed by atoms with Crippen molar-refractivity contribution < 1.29 is 10.2 Å². The molecule has 1 rings (SSSR count). The van der Waals surface area contributed by atoms with Gasteiger partial charge in [-0.25, -0.2) is 0 Å². The van der Waals surface area contributed by atoms with E-state index < -0.39 is 0 Å². The van der Waals surface area contributed by atoms with Crippen molar-refractivity contribution in [2.45, 2.75) is 39.2 Å². The van der Waals surface area contributed by atoms with E-state index in [0.29, 0.717) is 5.92 Å². The smallest absolute Gasteiger partial charge is 0.0543 e. The van der Waals surface area contributed by atoms with Gasteiger partial charge in [-0.3, -0.25) is 0 Å². The molecule has 2 N–H and O–H groups in total. The fourth-order valence-corrected chi connectivity index (χ4v) is 1.43. The average molecular weight is 146 g/mol. The molecule has 0 aromatic rings. The van der Waals surface area contributed by atoms with E-state index in [0.717, 1.165) is 25.7 Å². The minimum Gasteiger partial charge on any atom is -0.396 e. The number of aliphatic hydroxyl groups excluding tert-OH is 2. The highest BCUT2D eigenvalue weighted by atomic mass is 16.3. The third kappa shape index (κ3) is 2.67. The first-order valence-electron chi connectivity index (χ1n) is 3.62. The number of hydrogen-bond acceptors (Lipinski definition) is 2. The summed E-state index contributed by atoms with van der Waals surface area (Å²) >= 11 is 0. The number of hydrogen-bond donors (Lipinski definition) is 2. The Kier molecular flexibility index (Phi) is 4.65. The van der Waals surface area contributed by atoms with E-state index in [1.165, 1.54) is 0 Å². The summed E-state index contributed by atoms with van der Waals surface area (Å²) in [6, 6.07) is 0. The van der Waals surface area contributed by atoms with Crippen molar-refractivity contribution in [3.05, 3.63) is 0 Å². The van der Waals surface area contributed by atoms with Crippen LogP contribution in [-0.2, 0) is 0 Å². The lowest BCUT2D eigenvalue weighted by molar-refractivity contribution is 0.0757. The van der Waals surface area contributed by atoms with Gasteiger partial charge < -0.3 is 10.2 Å². The summed E-state index contributed by atoms with van der Waals surface area (Å²) in [4.78, 5) is 0. The zero-order valence-corrected chi connectivity index (χ0v) is 5.58. The summed E-state index contributed by atoms with van der Waals surface area (Å²) < 4.78 is 0. The molecule has 1 saturated carbocycles. The maximum Gasteiger partial charge on any atom is 0.0543 e.